The zero-order chi connectivity index (χ0) is 9.84. The van der Waals surface area contributed by atoms with Gasteiger partial charge in [-0.15, -0.1) is 0 Å². The molecule has 0 aliphatic carbocycles. The van der Waals surface area contributed by atoms with Crippen LogP contribution >= 0.6 is 0 Å². The Morgan fingerprint density at radius 3 is 2.62 bits per heavy atom. The molecule has 0 spiro atoms. The first kappa shape index (κ1) is 10.3. The van der Waals surface area contributed by atoms with Crippen molar-refractivity contribution in [2.75, 3.05) is 6.54 Å². The largest absolute Gasteiger partial charge is 0.330 e. The summed E-state index contributed by atoms with van der Waals surface area (Å²) in [6, 6.07) is 2.06. The Balaban J connectivity index is 2.72. The monoisotopic (exact) mass is 181 g/mol. The number of nitrogens with two attached hydrogens (primary N) is 1. The molecule has 0 saturated carbocycles. The molecule has 2 N–H and O–H groups in total. The van der Waals surface area contributed by atoms with Crippen molar-refractivity contribution >= 4 is 0 Å². The van der Waals surface area contributed by atoms with E-state index in [9.17, 15) is 0 Å². The Kier molecular flexibility index (Phi) is 3.48. The van der Waals surface area contributed by atoms with E-state index >= 15 is 0 Å². The van der Waals surface area contributed by atoms with E-state index < -0.39 is 0 Å². The second-order valence-corrected chi connectivity index (χ2v) is 3.94. The lowest BCUT2D eigenvalue weighted by molar-refractivity contribution is 0.480. The molecular formula is C10H19N3. The summed E-state index contributed by atoms with van der Waals surface area (Å²) >= 11 is 0. The van der Waals surface area contributed by atoms with Crippen molar-refractivity contribution in [2.45, 2.75) is 26.2 Å². The summed E-state index contributed by atoms with van der Waals surface area (Å²) in [7, 11) is 1.97. The first-order valence-corrected chi connectivity index (χ1v) is 4.83. The van der Waals surface area contributed by atoms with Crippen LogP contribution in [0.1, 0.15) is 31.9 Å². The van der Waals surface area contributed by atoms with Crippen molar-refractivity contribution in [3.63, 3.8) is 0 Å². The van der Waals surface area contributed by atoms with Gasteiger partial charge in [-0.25, -0.2) is 0 Å². The van der Waals surface area contributed by atoms with Gasteiger partial charge >= 0.3 is 0 Å². The van der Waals surface area contributed by atoms with Gasteiger partial charge in [0.1, 0.15) is 0 Å². The van der Waals surface area contributed by atoms with Crippen LogP contribution < -0.4 is 5.73 Å². The van der Waals surface area contributed by atoms with Crippen molar-refractivity contribution < 1.29 is 0 Å². The second-order valence-electron chi connectivity index (χ2n) is 3.94. The average molecular weight is 181 g/mol. The summed E-state index contributed by atoms with van der Waals surface area (Å²) in [4.78, 5) is 0. The van der Waals surface area contributed by atoms with Crippen LogP contribution in [0.3, 0.4) is 0 Å². The zero-order valence-electron chi connectivity index (χ0n) is 8.70. The summed E-state index contributed by atoms with van der Waals surface area (Å²) < 4.78 is 1.92. The van der Waals surface area contributed by atoms with Crippen molar-refractivity contribution in [2.24, 2.45) is 18.7 Å². The summed E-state index contributed by atoms with van der Waals surface area (Å²) in [6.45, 7) is 5.15. The van der Waals surface area contributed by atoms with Gasteiger partial charge in [-0.3, -0.25) is 4.68 Å². The molecule has 0 bridgehead atoms. The van der Waals surface area contributed by atoms with Gasteiger partial charge in [-0.1, -0.05) is 13.8 Å². The third-order valence-corrected chi connectivity index (χ3v) is 2.32. The second kappa shape index (κ2) is 4.42. The lowest BCUT2D eigenvalue weighted by Crippen LogP contribution is -2.17. The fourth-order valence-corrected chi connectivity index (χ4v) is 1.69. The summed E-state index contributed by atoms with van der Waals surface area (Å²) in [5.41, 5.74) is 6.99. The van der Waals surface area contributed by atoms with Crippen LogP contribution in [0.15, 0.2) is 12.3 Å². The molecule has 0 aromatic carbocycles. The quantitative estimate of drug-likeness (QED) is 0.765. The first-order chi connectivity index (χ1) is 6.15. The predicted octanol–water partition coefficient (Wildman–Crippen LogP) is 1.51. The van der Waals surface area contributed by atoms with E-state index in [1.807, 2.05) is 17.9 Å². The number of nitrogens with zero attached hydrogens (tertiary/aromatic N) is 2. The number of rotatable bonds is 4. The standard InChI is InChI=1S/C10H19N3/c1-8(2)6-9(7-11)10-4-5-12-13(10)3/h4-5,8-9H,6-7,11H2,1-3H3. The van der Waals surface area contributed by atoms with Crippen LogP contribution in [-0.2, 0) is 7.05 Å². The molecule has 1 unspecified atom stereocenters. The smallest absolute Gasteiger partial charge is 0.0492 e. The molecule has 1 heterocycles. The molecule has 0 radical (unpaired) electrons. The molecule has 3 nitrogen and oxygen atoms in total. The summed E-state index contributed by atoms with van der Waals surface area (Å²) in [6.07, 6.45) is 2.97. The molecule has 74 valence electrons. The van der Waals surface area contributed by atoms with E-state index in [0.717, 1.165) is 6.42 Å². The maximum Gasteiger partial charge on any atom is 0.0492 e. The molecule has 0 saturated heterocycles. The highest BCUT2D eigenvalue weighted by Gasteiger charge is 2.14. The Bertz CT molecular complexity index is 252. The molecule has 0 aliphatic rings. The summed E-state index contributed by atoms with van der Waals surface area (Å²) in [5.74, 6) is 1.14. The van der Waals surface area contributed by atoms with E-state index in [1.165, 1.54) is 5.69 Å². The fraction of sp³-hybridized carbons (Fsp3) is 0.700. The van der Waals surface area contributed by atoms with Crippen molar-refractivity contribution in [1.29, 1.82) is 0 Å². The lowest BCUT2D eigenvalue weighted by atomic mass is 9.94. The molecule has 3 heteroatoms. The SMILES string of the molecule is CC(C)CC(CN)c1ccnn1C. The Hall–Kier alpha value is -0.830. The normalized spacial score (nSPS) is 13.6. The lowest BCUT2D eigenvalue weighted by Gasteiger charge is -2.16. The van der Waals surface area contributed by atoms with Crippen molar-refractivity contribution in [3.8, 4) is 0 Å². The molecule has 1 rings (SSSR count). The topological polar surface area (TPSA) is 43.8 Å². The number of hydrogen-bond donors (Lipinski definition) is 1. The molecule has 13 heavy (non-hydrogen) atoms. The number of aromatic nitrogens is 2. The van der Waals surface area contributed by atoms with Gasteiger partial charge in [0.25, 0.3) is 0 Å². The fourth-order valence-electron chi connectivity index (χ4n) is 1.69. The Morgan fingerprint density at radius 2 is 2.23 bits per heavy atom. The van der Waals surface area contributed by atoms with Gasteiger partial charge in [0, 0.05) is 31.4 Å². The average Bonchev–Trinajstić information content (AvgIpc) is 2.47. The maximum absolute atomic E-state index is 5.74. The van der Waals surface area contributed by atoms with Crippen LogP contribution in [0.2, 0.25) is 0 Å². The summed E-state index contributed by atoms with van der Waals surface area (Å²) in [5, 5.41) is 4.15. The molecule has 0 fully saturated rings. The number of aryl methyl sites for hydroxylation is 1. The maximum atomic E-state index is 5.74. The minimum absolute atomic E-state index is 0.451. The van der Waals surface area contributed by atoms with Gasteiger partial charge in [0.15, 0.2) is 0 Å². The van der Waals surface area contributed by atoms with E-state index in [4.69, 9.17) is 5.73 Å². The van der Waals surface area contributed by atoms with Gasteiger partial charge in [-0.05, 0) is 18.4 Å². The predicted molar refractivity (Wildman–Crippen MR) is 54.5 cm³/mol. The third-order valence-electron chi connectivity index (χ3n) is 2.32. The number of hydrogen-bond acceptors (Lipinski definition) is 2. The van der Waals surface area contributed by atoms with Crippen molar-refractivity contribution in [3.05, 3.63) is 18.0 Å². The van der Waals surface area contributed by atoms with Crippen molar-refractivity contribution in [1.82, 2.24) is 9.78 Å². The van der Waals surface area contributed by atoms with Crippen LogP contribution in [-0.4, -0.2) is 16.3 Å². The Labute approximate surface area is 79.9 Å². The minimum Gasteiger partial charge on any atom is -0.330 e. The van der Waals surface area contributed by atoms with Gasteiger partial charge in [-0.2, -0.15) is 5.10 Å². The van der Waals surface area contributed by atoms with Gasteiger partial charge < -0.3 is 5.73 Å². The molecule has 0 aliphatic heterocycles. The highest BCUT2D eigenvalue weighted by molar-refractivity contribution is 5.08. The van der Waals surface area contributed by atoms with Gasteiger partial charge in [0.05, 0.1) is 0 Å². The van der Waals surface area contributed by atoms with Gasteiger partial charge in [0.2, 0.25) is 0 Å². The third kappa shape index (κ3) is 2.56. The highest BCUT2D eigenvalue weighted by atomic mass is 15.3. The van der Waals surface area contributed by atoms with E-state index in [2.05, 4.69) is 25.0 Å². The first-order valence-electron chi connectivity index (χ1n) is 4.83. The van der Waals surface area contributed by atoms with Crippen LogP contribution in [0.25, 0.3) is 0 Å². The Morgan fingerprint density at radius 1 is 1.54 bits per heavy atom. The molecule has 1 aromatic heterocycles. The highest BCUT2D eigenvalue weighted by Crippen LogP contribution is 2.21. The van der Waals surface area contributed by atoms with E-state index in [-0.39, 0.29) is 0 Å². The molecule has 1 aromatic rings. The zero-order valence-corrected chi connectivity index (χ0v) is 8.70. The van der Waals surface area contributed by atoms with E-state index in [1.54, 1.807) is 0 Å². The van der Waals surface area contributed by atoms with Crippen LogP contribution in [0.4, 0.5) is 0 Å². The minimum atomic E-state index is 0.451. The molecule has 1 atom stereocenters. The molecular weight excluding hydrogens is 162 g/mol. The van der Waals surface area contributed by atoms with Crippen LogP contribution in [0, 0.1) is 5.92 Å². The molecule has 0 amide bonds. The van der Waals surface area contributed by atoms with E-state index in [0.29, 0.717) is 18.4 Å². The van der Waals surface area contributed by atoms with Crippen LogP contribution in [0.5, 0.6) is 0 Å².